The molecule has 0 aliphatic carbocycles. The van der Waals surface area contributed by atoms with Crippen molar-refractivity contribution in [2.75, 3.05) is 13.1 Å². The van der Waals surface area contributed by atoms with Crippen LogP contribution in [0.15, 0.2) is 66.0 Å². The summed E-state index contributed by atoms with van der Waals surface area (Å²) in [5.74, 6) is 0.838. The molecule has 4 aromatic rings. The second kappa shape index (κ2) is 12.0. The molecule has 0 saturated carbocycles. The fourth-order valence-electron chi connectivity index (χ4n) is 3.40. The third-order valence-electron chi connectivity index (χ3n) is 4.97. The highest BCUT2D eigenvalue weighted by atomic mass is 127. The number of hydrogen-bond acceptors (Lipinski definition) is 4. The number of fused-ring (bicyclic) bond motifs is 1. The van der Waals surface area contributed by atoms with E-state index in [2.05, 4.69) is 75.4 Å². The Kier molecular flexibility index (Phi) is 9.04. The number of para-hydroxylation sites is 2. The van der Waals surface area contributed by atoms with Crippen LogP contribution in [0, 0.1) is 6.92 Å². The standard InChI is InChI=1S/C24H28N6S.HI/c1-3-25-24(26-13-12-23-27-14-18(2)31-23)28-15-19-8-10-20(11-9-19)16-30-17-29-21-6-4-5-7-22(21)30;/h4-11,14,17H,3,12-13,15-16H2,1-2H3,(H2,25,26,28);1H. The molecule has 0 bridgehead atoms. The first-order valence-corrected chi connectivity index (χ1v) is 11.4. The number of benzene rings is 2. The molecule has 0 unspecified atom stereocenters. The number of aromatic nitrogens is 3. The maximum absolute atomic E-state index is 4.73. The summed E-state index contributed by atoms with van der Waals surface area (Å²) in [6.07, 6.45) is 4.74. The molecule has 6 nitrogen and oxygen atoms in total. The lowest BCUT2D eigenvalue weighted by atomic mass is 10.1. The first-order chi connectivity index (χ1) is 15.2. The maximum atomic E-state index is 4.73. The van der Waals surface area contributed by atoms with Gasteiger partial charge in [-0.1, -0.05) is 36.4 Å². The Morgan fingerprint density at radius 1 is 1.03 bits per heavy atom. The summed E-state index contributed by atoms with van der Waals surface area (Å²) in [5, 5.41) is 7.87. The molecular weight excluding hydrogens is 531 g/mol. The van der Waals surface area contributed by atoms with Crippen LogP contribution in [0.25, 0.3) is 11.0 Å². The lowest BCUT2D eigenvalue weighted by Gasteiger charge is -2.11. The van der Waals surface area contributed by atoms with E-state index < -0.39 is 0 Å². The van der Waals surface area contributed by atoms with E-state index in [9.17, 15) is 0 Å². The number of halogens is 1. The van der Waals surface area contributed by atoms with E-state index in [4.69, 9.17) is 4.99 Å². The first kappa shape index (κ1) is 24.2. The van der Waals surface area contributed by atoms with Crippen LogP contribution in [-0.4, -0.2) is 33.6 Å². The van der Waals surface area contributed by atoms with Crippen LogP contribution in [-0.2, 0) is 19.5 Å². The highest BCUT2D eigenvalue weighted by Gasteiger charge is 2.04. The van der Waals surface area contributed by atoms with Crippen molar-refractivity contribution in [1.29, 1.82) is 0 Å². The van der Waals surface area contributed by atoms with Crippen molar-refractivity contribution in [2.24, 2.45) is 4.99 Å². The van der Waals surface area contributed by atoms with Gasteiger partial charge >= 0.3 is 0 Å². The summed E-state index contributed by atoms with van der Waals surface area (Å²) in [6, 6.07) is 16.9. The molecule has 0 atom stereocenters. The molecule has 0 radical (unpaired) electrons. The van der Waals surface area contributed by atoms with Crippen LogP contribution in [0.2, 0.25) is 0 Å². The van der Waals surface area contributed by atoms with Crippen LogP contribution in [0.5, 0.6) is 0 Å². The van der Waals surface area contributed by atoms with Crippen molar-refractivity contribution >= 4 is 52.3 Å². The van der Waals surface area contributed by atoms with Crippen LogP contribution in [0.4, 0.5) is 0 Å². The number of thiazole rings is 1. The van der Waals surface area contributed by atoms with Crippen LogP contribution in [0.3, 0.4) is 0 Å². The second-order valence-electron chi connectivity index (χ2n) is 7.41. The largest absolute Gasteiger partial charge is 0.357 e. The Bertz CT molecular complexity index is 1150. The number of nitrogens with zero attached hydrogens (tertiary/aromatic N) is 4. The summed E-state index contributed by atoms with van der Waals surface area (Å²) < 4.78 is 2.18. The Hall–Kier alpha value is -2.46. The van der Waals surface area contributed by atoms with E-state index >= 15 is 0 Å². The second-order valence-corrected chi connectivity index (χ2v) is 8.73. The summed E-state index contributed by atoms with van der Waals surface area (Å²) in [7, 11) is 0. The minimum atomic E-state index is 0. The van der Waals surface area contributed by atoms with E-state index in [1.807, 2.05) is 24.7 Å². The third-order valence-corrected chi connectivity index (χ3v) is 5.94. The normalized spacial score (nSPS) is 11.4. The number of guanidine groups is 1. The zero-order chi connectivity index (χ0) is 21.5. The number of aryl methyl sites for hydroxylation is 1. The molecule has 0 amide bonds. The molecule has 4 rings (SSSR count). The third kappa shape index (κ3) is 6.52. The van der Waals surface area contributed by atoms with Gasteiger partial charge in [-0.2, -0.15) is 0 Å². The molecule has 0 aliphatic heterocycles. The van der Waals surface area contributed by atoms with Gasteiger partial charge in [0.05, 0.1) is 28.9 Å². The fourth-order valence-corrected chi connectivity index (χ4v) is 4.19. The van der Waals surface area contributed by atoms with Crippen molar-refractivity contribution < 1.29 is 0 Å². The predicted octanol–water partition coefficient (Wildman–Crippen LogP) is 4.77. The van der Waals surface area contributed by atoms with E-state index in [0.29, 0.717) is 6.54 Å². The molecule has 0 fully saturated rings. The molecule has 2 heterocycles. The average molecular weight is 561 g/mol. The Morgan fingerprint density at radius 2 is 1.81 bits per heavy atom. The van der Waals surface area contributed by atoms with Gasteiger partial charge in [-0.05, 0) is 37.1 Å². The maximum Gasteiger partial charge on any atom is 0.191 e. The van der Waals surface area contributed by atoms with E-state index in [-0.39, 0.29) is 24.0 Å². The number of aliphatic imine (C=N–C) groups is 1. The van der Waals surface area contributed by atoms with Crippen LogP contribution >= 0.6 is 35.3 Å². The average Bonchev–Trinajstić information content (AvgIpc) is 3.39. The van der Waals surface area contributed by atoms with Gasteiger partial charge in [-0.25, -0.2) is 15.0 Å². The number of hydrogen-bond donors (Lipinski definition) is 2. The van der Waals surface area contributed by atoms with Gasteiger partial charge in [0.15, 0.2) is 5.96 Å². The highest BCUT2D eigenvalue weighted by molar-refractivity contribution is 14.0. The molecule has 32 heavy (non-hydrogen) atoms. The topological polar surface area (TPSA) is 67.1 Å². The fraction of sp³-hybridized carbons (Fsp3) is 0.292. The van der Waals surface area contributed by atoms with Gasteiger partial charge in [0.2, 0.25) is 0 Å². The van der Waals surface area contributed by atoms with Gasteiger partial charge < -0.3 is 15.2 Å². The monoisotopic (exact) mass is 560 g/mol. The van der Waals surface area contributed by atoms with Crippen molar-refractivity contribution in [2.45, 2.75) is 33.4 Å². The molecule has 2 N–H and O–H groups in total. The molecule has 8 heteroatoms. The van der Waals surface area contributed by atoms with Gasteiger partial charge in [-0.3, -0.25) is 0 Å². The molecule has 0 spiro atoms. The summed E-state index contributed by atoms with van der Waals surface area (Å²) in [5.41, 5.74) is 4.62. The van der Waals surface area contributed by atoms with E-state index in [1.54, 1.807) is 11.3 Å². The number of imidazole rings is 1. The summed E-state index contributed by atoms with van der Waals surface area (Å²) in [6.45, 7) is 7.26. The first-order valence-electron chi connectivity index (χ1n) is 10.6. The lowest BCUT2D eigenvalue weighted by Crippen LogP contribution is -2.38. The zero-order valence-electron chi connectivity index (χ0n) is 18.4. The summed E-state index contributed by atoms with van der Waals surface area (Å²) in [4.78, 5) is 14.9. The Morgan fingerprint density at radius 3 is 2.56 bits per heavy atom. The van der Waals surface area contributed by atoms with Gasteiger partial charge in [-0.15, -0.1) is 35.3 Å². The summed E-state index contributed by atoms with van der Waals surface area (Å²) >= 11 is 1.75. The number of nitrogens with one attached hydrogen (secondary N) is 2. The van der Waals surface area contributed by atoms with E-state index in [0.717, 1.165) is 48.1 Å². The minimum absolute atomic E-state index is 0. The van der Waals surface area contributed by atoms with Crippen molar-refractivity contribution in [3.8, 4) is 0 Å². The minimum Gasteiger partial charge on any atom is -0.357 e. The zero-order valence-corrected chi connectivity index (χ0v) is 21.6. The molecule has 168 valence electrons. The van der Waals surface area contributed by atoms with Gasteiger partial charge in [0, 0.05) is 37.1 Å². The van der Waals surface area contributed by atoms with Crippen molar-refractivity contribution in [3.63, 3.8) is 0 Å². The Balaban J connectivity index is 0.00000289. The van der Waals surface area contributed by atoms with E-state index in [1.165, 1.54) is 16.0 Å². The smallest absolute Gasteiger partial charge is 0.191 e. The molecule has 2 aromatic carbocycles. The van der Waals surface area contributed by atoms with Crippen molar-refractivity contribution in [3.05, 3.63) is 82.1 Å². The molecular formula is C24H29IN6S. The van der Waals surface area contributed by atoms with Crippen LogP contribution in [0.1, 0.15) is 27.9 Å². The molecule has 0 saturated heterocycles. The van der Waals surface area contributed by atoms with Crippen LogP contribution < -0.4 is 10.6 Å². The van der Waals surface area contributed by atoms with Gasteiger partial charge in [0.25, 0.3) is 0 Å². The molecule has 2 aromatic heterocycles. The van der Waals surface area contributed by atoms with Gasteiger partial charge in [0.1, 0.15) is 0 Å². The number of rotatable bonds is 8. The Labute approximate surface area is 210 Å². The lowest BCUT2D eigenvalue weighted by molar-refractivity contribution is 0.796. The van der Waals surface area contributed by atoms with Crippen molar-refractivity contribution in [1.82, 2.24) is 25.2 Å². The SMILES string of the molecule is CCNC(=NCc1ccc(Cn2cnc3ccccc32)cc1)NCCc1ncc(C)s1.I. The predicted molar refractivity (Wildman–Crippen MR) is 144 cm³/mol. The quantitative estimate of drug-likeness (QED) is 0.185. The molecule has 0 aliphatic rings. The highest BCUT2D eigenvalue weighted by Crippen LogP contribution is 2.15.